The molecular weight excluding hydrogens is 350 g/mol. The molecule has 1 heterocycles. The lowest BCUT2D eigenvalue weighted by molar-refractivity contribution is 0.0758. The van der Waals surface area contributed by atoms with Crippen molar-refractivity contribution >= 4 is 17.7 Å². The van der Waals surface area contributed by atoms with E-state index >= 15 is 0 Å². The van der Waals surface area contributed by atoms with Gasteiger partial charge in [-0.3, -0.25) is 4.79 Å². The van der Waals surface area contributed by atoms with Gasteiger partial charge in [0.05, 0.1) is 21.3 Å². The molecule has 1 aliphatic rings. The van der Waals surface area contributed by atoms with Gasteiger partial charge in [0.2, 0.25) is 0 Å². The topological polar surface area (TPSA) is 48.0 Å². The first-order chi connectivity index (χ1) is 12.6. The number of thioether (sulfide) groups is 1. The summed E-state index contributed by atoms with van der Waals surface area (Å²) in [6.07, 6.45) is 0. The van der Waals surface area contributed by atoms with Gasteiger partial charge in [-0.1, -0.05) is 18.2 Å². The average Bonchev–Trinajstić information content (AvgIpc) is 3.16. The Kier molecular flexibility index (Phi) is 5.61. The molecule has 0 radical (unpaired) electrons. The molecule has 2 aromatic carbocycles. The molecule has 1 saturated heterocycles. The lowest BCUT2D eigenvalue weighted by Crippen LogP contribution is -2.31. The third-order valence-corrected chi connectivity index (χ3v) is 5.77. The van der Waals surface area contributed by atoms with Crippen LogP contribution in [0.2, 0.25) is 0 Å². The number of ether oxygens (including phenoxy) is 3. The van der Waals surface area contributed by atoms with Gasteiger partial charge >= 0.3 is 0 Å². The molecule has 0 aliphatic carbocycles. The molecule has 0 N–H and O–H groups in total. The zero-order valence-corrected chi connectivity index (χ0v) is 16.3. The van der Waals surface area contributed by atoms with Crippen LogP contribution in [0.15, 0.2) is 36.4 Å². The van der Waals surface area contributed by atoms with E-state index in [9.17, 15) is 4.79 Å². The van der Waals surface area contributed by atoms with Crippen LogP contribution in [0.4, 0.5) is 0 Å². The molecular formula is C20H23NO4S. The molecule has 138 valence electrons. The molecule has 1 unspecified atom stereocenters. The maximum Gasteiger partial charge on any atom is 0.255 e. The summed E-state index contributed by atoms with van der Waals surface area (Å²) in [6, 6.07) is 11.4. The van der Waals surface area contributed by atoms with Crippen molar-refractivity contribution in [2.45, 2.75) is 12.3 Å². The molecule has 1 aliphatic heterocycles. The first kappa shape index (κ1) is 18.5. The van der Waals surface area contributed by atoms with E-state index in [-0.39, 0.29) is 11.3 Å². The monoisotopic (exact) mass is 373 g/mol. The zero-order valence-electron chi connectivity index (χ0n) is 15.4. The number of aryl methyl sites for hydroxylation is 1. The molecule has 3 rings (SSSR count). The second-order valence-corrected chi connectivity index (χ2v) is 7.17. The number of hydrogen-bond acceptors (Lipinski definition) is 5. The van der Waals surface area contributed by atoms with Crippen LogP contribution in [0.1, 0.15) is 26.9 Å². The normalized spacial score (nSPS) is 16.5. The van der Waals surface area contributed by atoms with Crippen LogP contribution in [0.5, 0.6) is 17.2 Å². The van der Waals surface area contributed by atoms with E-state index in [4.69, 9.17) is 14.2 Å². The van der Waals surface area contributed by atoms with Crippen LogP contribution in [-0.4, -0.2) is 44.4 Å². The second kappa shape index (κ2) is 7.91. The van der Waals surface area contributed by atoms with Gasteiger partial charge in [-0.25, -0.2) is 0 Å². The summed E-state index contributed by atoms with van der Waals surface area (Å²) in [4.78, 5) is 15.0. The molecule has 0 saturated carbocycles. The quantitative estimate of drug-likeness (QED) is 0.795. The number of amides is 1. The van der Waals surface area contributed by atoms with Crippen molar-refractivity contribution in [1.29, 1.82) is 0 Å². The standard InChI is InChI=1S/C20H23NO4S/c1-13-7-5-6-8-14(13)19(22)21-9-10-26-20(21)15-11-17(24-3)18(25-4)12-16(15)23-2/h5-8,11-12,20H,9-10H2,1-4H3. The Hall–Kier alpha value is -2.34. The molecule has 26 heavy (non-hydrogen) atoms. The minimum Gasteiger partial charge on any atom is -0.496 e. The summed E-state index contributed by atoms with van der Waals surface area (Å²) in [5.41, 5.74) is 2.63. The Morgan fingerprint density at radius 2 is 1.69 bits per heavy atom. The van der Waals surface area contributed by atoms with Crippen LogP contribution in [0, 0.1) is 6.92 Å². The van der Waals surface area contributed by atoms with Crippen molar-refractivity contribution in [2.75, 3.05) is 33.6 Å². The Balaban J connectivity index is 2.00. The maximum atomic E-state index is 13.1. The average molecular weight is 373 g/mol. The minimum absolute atomic E-state index is 0.0370. The summed E-state index contributed by atoms with van der Waals surface area (Å²) in [6.45, 7) is 2.66. The van der Waals surface area contributed by atoms with Crippen LogP contribution in [0.25, 0.3) is 0 Å². The predicted octanol–water partition coefficient (Wildman–Crippen LogP) is 3.91. The number of hydrogen-bond donors (Lipinski definition) is 0. The zero-order chi connectivity index (χ0) is 18.7. The van der Waals surface area contributed by atoms with Crippen molar-refractivity contribution < 1.29 is 19.0 Å². The first-order valence-electron chi connectivity index (χ1n) is 8.38. The number of carbonyl (C=O) groups excluding carboxylic acids is 1. The van der Waals surface area contributed by atoms with Crippen molar-refractivity contribution in [3.05, 3.63) is 53.1 Å². The van der Waals surface area contributed by atoms with Crippen molar-refractivity contribution in [3.8, 4) is 17.2 Å². The fourth-order valence-electron chi connectivity index (χ4n) is 3.15. The Labute approximate surface area is 158 Å². The van der Waals surface area contributed by atoms with E-state index < -0.39 is 0 Å². The van der Waals surface area contributed by atoms with E-state index in [0.29, 0.717) is 23.8 Å². The largest absolute Gasteiger partial charge is 0.496 e. The van der Waals surface area contributed by atoms with Crippen molar-refractivity contribution in [1.82, 2.24) is 4.90 Å². The van der Waals surface area contributed by atoms with Crippen molar-refractivity contribution in [3.63, 3.8) is 0 Å². The number of carbonyl (C=O) groups is 1. The lowest BCUT2D eigenvalue weighted by atomic mass is 10.1. The number of rotatable bonds is 5. The van der Waals surface area contributed by atoms with E-state index in [1.165, 1.54) is 0 Å². The highest BCUT2D eigenvalue weighted by atomic mass is 32.2. The second-order valence-electron chi connectivity index (χ2n) is 5.99. The van der Waals surface area contributed by atoms with Crippen LogP contribution < -0.4 is 14.2 Å². The van der Waals surface area contributed by atoms with E-state index in [1.54, 1.807) is 33.1 Å². The van der Waals surface area contributed by atoms with Gasteiger partial charge in [0, 0.05) is 29.5 Å². The first-order valence-corrected chi connectivity index (χ1v) is 9.43. The fourth-order valence-corrected chi connectivity index (χ4v) is 4.42. The third kappa shape index (κ3) is 3.33. The molecule has 1 amide bonds. The molecule has 5 nitrogen and oxygen atoms in total. The highest BCUT2D eigenvalue weighted by Gasteiger charge is 2.34. The van der Waals surface area contributed by atoms with Gasteiger partial charge in [-0.15, -0.1) is 11.8 Å². The van der Waals surface area contributed by atoms with Crippen LogP contribution >= 0.6 is 11.8 Å². The summed E-state index contributed by atoms with van der Waals surface area (Å²) < 4.78 is 16.4. The van der Waals surface area contributed by atoms with Gasteiger partial charge in [0.25, 0.3) is 5.91 Å². The molecule has 0 spiro atoms. The SMILES string of the molecule is COc1cc(OC)c(C2SCCN2C(=O)c2ccccc2C)cc1OC. The Bertz CT molecular complexity index is 808. The number of methoxy groups -OCH3 is 3. The number of nitrogens with zero attached hydrogens (tertiary/aromatic N) is 1. The van der Waals surface area contributed by atoms with E-state index in [0.717, 1.165) is 22.4 Å². The maximum absolute atomic E-state index is 13.1. The minimum atomic E-state index is -0.128. The molecule has 1 atom stereocenters. The van der Waals surface area contributed by atoms with Gasteiger partial charge in [0.15, 0.2) is 11.5 Å². The summed E-state index contributed by atoms with van der Waals surface area (Å²) >= 11 is 1.72. The van der Waals surface area contributed by atoms with Gasteiger partial charge < -0.3 is 19.1 Å². The smallest absolute Gasteiger partial charge is 0.255 e. The number of benzene rings is 2. The van der Waals surface area contributed by atoms with Gasteiger partial charge in [-0.2, -0.15) is 0 Å². The van der Waals surface area contributed by atoms with E-state index in [2.05, 4.69) is 0 Å². The molecule has 0 bridgehead atoms. The predicted molar refractivity (Wildman–Crippen MR) is 104 cm³/mol. The van der Waals surface area contributed by atoms with Crippen LogP contribution in [-0.2, 0) is 0 Å². The van der Waals surface area contributed by atoms with Gasteiger partial charge in [-0.05, 0) is 24.6 Å². The fraction of sp³-hybridized carbons (Fsp3) is 0.350. The summed E-state index contributed by atoms with van der Waals surface area (Å²) in [5, 5.41) is -0.128. The molecule has 2 aromatic rings. The Morgan fingerprint density at radius 3 is 2.35 bits per heavy atom. The molecule has 1 fully saturated rings. The summed E-state index contributed by atoms with van der Waals surface area (Å²) in [7, 11) is 4.82. The lowest BCUT2D eigenvalue weighted by Gasteiger charge is -2.26. The highest BCUT2D eigenvalue weighted by molar-refractivity contribution is 7.99. The molecule has 0 aromatic heterocycles. The Morgan fingerprint density at radius 1 is 1.04 bits per heavy atom. The van der Waals surface area contributed by atoms with Gasteiger partial charge in [0.1, 0.15) is 11.1 Å². The van der Waals surface area contributed by atoms with Crippen LogP contribution in [0.3, 0.4) is 0 Å². The van der Waals surface area contributed by atoms with Crippen molar-refractivity contribution in [2.24, 2.45) is 0 Å². The van der Waals surface area contributed by atoms with E-state index in [1.807, 2.05) is 48.2 Å². The third-order valence-electron chi connectivity index (χ3n) is 4.53. The summed E-state index contributed by atoms with van der Waals surface area (Å²) in [5.74, 6) is 2.83. The molecule has 6 heteroatoms. The highest BCUT2D eigenvalue weighted by Crippen LogP contribution is 2.46.